The Kier molecular flexibility index (Phi) is 4.87. The molecular weight excluding hydrogens is 345 g/mol. The lowest BCUT2D eigenvalue weighted by molar-refractivity contribution is 0.0694. The maximum Gasteiger partial charge on any atom is 0.336 e. The second-order valence-electron chi connectivity index (χ2n) is 6.02. The number of carbonyl (C=O) groups is 1. The summed E-state index contributed by atoms with van der Waals surface area (Å²) in [7, 11) is -3.53. The number of rotatable bonds is 5. The van der Waals surface area contributed by atoms with Gasteiger partial charge in [-0.25, -0.2) is 17.6 Å². The summed E-state index contributed by atoms with van der Waals surface area (Å²) in [4.78, 5) is 11.4. The summed E-state index contributed by atoms with van der Waals surface area (Å²) in [6.45, 7) is 0.408. The van der Waals surface area contributed by atoms with Crippen LogP contribution in [0.1, 0.15) is 27.0 Å². The molecule has 0 spiro atoms. The molecule has 1 aliphatic rings. The summed E-state index contributed by atoms with van der Waals surface area (Å²) >= 11 is 0. The first-order valence-electron chi connectivity index (χ1n) is 7.93. The van der Waals surface area contributed by atoms with Crippen LogP contribution >= 0.6 is 0 Å². The Bertz CT molecular complexity index is 894. The van der Waals surface area contributed by atoms with Crippen molar-refractivity contribution in [3.63, 3.8) is 0 Å². The maximum atomic E-state index is 12.9. The standard InChI is InChI=1S/C18H18FNO4S/c19-15-6-4-13(5-7-15)9-11-25(23,24)20-10-8-14-2-1-3-16(18(21)22)17(14)12-20/h1-7H,8-12H2,(H,21,22). The van der Waals surface area contributed by atoms with Crippen molar-refractivity contribution in [3.8, 4) is 0 Å². The molecule has 0 atom stereocenters. The average Bonchev–Trinajstić information content (AvgIpc) is 2.60. The van der Waals surface area contributed by atoms with Crippen molar-refractivity contribution < 1.29 is 22.7 Å². The van der Waals surface area contributed by atoms with Crippen molar-refractivity contribution in [2.45, 2.75) is 19.4 Å². The monoisotopic (exact) mass is 363 g/mol. The van der Waals surface area contributed by atoms with E-state index in [4.69, 9.17) is 0 Å². The fourth-order valence-corrected chi connectivity index (χ4v) is 4.47. The zero-order chi connectivity index (χ0) is 18.0. The van der Waals surface area contributed by atoms with E-state index in [0.29, 0.717) is 18.5 Å². The van der Waals surface area contributed by atoms with Crippen molar-refractivity contribution in [2.75, 3.05) is 12.3 Å². The molecule has 1 aliphatic heterocycles. The second kappa shape index (κ2) is 6.93. The first-order valence-corrected chi connectivity index (χ1v) is 9.54. The number of sulfonamides is 1. The van der Waals surface area contributed by atoms with E-state index >= 15 is 0 Å². The highest BCUT2D eigenvalue weighted by Gasteiger charge is 2.28. The van der Waals surface area contributed by atoms with E-state index in [0.717, 1.165) is 11.1 Å². The van der Waals surface area contributed by atoms with E-state index in [-0.39, 0.29) is 30.1 Å². The van der Waals surface area contributed by atoms with Gasteiger partial charge in [0.2, 0.25) is 10.0 Å². The number of nitrogens with zero attached hydrogens (tertiary/aromatic N) is 1. The SMILES string of the molecule is O=C(O)c1cccc2c1CN(S(=O)(=O)CCc1ccc(F)cc1)CC2. The fourth-order valence-electron chi connectivity index (χ4n) is 3.02. The zero-order valence-electron chi connectivity index (χ0n) is 13.5. The molecule has 2 aromatic rings. The number of carboxylic acid groups (broad SMARTS) is 1. The van der Waals surface area contributed by atoms with Gasteiger partial charge in [-0.2, -0.15) is 4.31 Å². The second-order valence-corrected chi connectivity index (χ2v) is 8.11. The van der Waals surface area contributed by atoms with Gasteiger partial charge in [-0.15, -0.1) is 0 Å². The van der Waals surface area contributed by atoms with Gasteiger partial charge < -0.3 is 5.11 Å². The number of aromatic carboxylic acids is 1. The van der Waals surface area contributed by atoms with Crippen LogP contribution in [0.25, 0.3) is 0 Å². The van der Waals surface area contributed by atoms with Gasteiger partial charge in [0, 0.05) is 13.1 Å². The summed E-state index contributed by atoms with van der Waals surface area (Å²) in [5.74, 6) is -1.51. The molecule has 0 fully saturated rings. The lowest BCUT2D eigenvalue weighted by Crippen LogP contribution is -2.38. The topological polar surface area (TPSA) is 74.7 Å². The molecule has 7 heteroatoms. The molecule has 1 heterocycles. The molecule has 3 rings (SSSR count). The summed E-state index contributed by atoms with van der Waals surface area (Å²) in [6.07, 6.45) is 0.777. The van der Waals surface area contributed by atoms with Crippen molar-refractivity contribution in [3.05, 3.63) is 70.5 Å². The van der Waals surface area contributed by atoms with Gasteiger partial charge in [-0.05, 0) is 47.7 Å². The van der Waals surface area contributed by atoms with Gasteiger partial charge in [0.05, 0.1) is 11.3 Å². The van der Waals surface area contributed by atoms with Gasteiger partial charge in [-0.1, -0.05) is 24.3 Å². The predicted molar refractivity (Wildman–Crippen MR) is 91.4 cm³/mol. The number of halogens is 1. The summed E-state index contributed by atoms with van der Waals surface area (Å²) in [6, 6.07) is 10.8. The van der Waals surface area contributed by atoms with Crippen LogP contribution in [0.4, 0.5) is 4.39 Å². The van der Waals surface area contributed by atoms with E-state index in [9.17, 15) is 22.7 Å². The van der Waals surface area contributed by atoms with Crippen molar-refractivity contribution >= 4 is 16.0 Å². The van der Waals surface area contributed by atoms with Crippen molar-refractivity contribution in [1.82, 2.24) is 4.31 Å². The van der Waals surface area contributed by atoms with Crippen molar-refractivity contribution in [2.24, 2.45) is 0 Å². The normalized spacial score (nSPS) is 14.9. The Morgan fingerprint density at radius 3 is 2.56 bits per heavy atom. The van der Waals surface area contributed by atoms with Crippen LogP contribution in [0.2, 0.25) is 0 Å². The van der Waals surface area contributed by atoms with Crippen LogP contribution in [0.15, 0.2) is 42.5 Å². The van der Waals surface area contributed by atoms with Gasteiger partial charge in [-0.3, -0.25) is 0 Å². The van der Waals surface area contributed by atoms with Crippen LogP contribution in [-0.4, -0.2) is 36.1 Å². The minimum atomic E-state index is -3.53. The predicted octanol–water partition coefficient (Wildman–Crippen LogP) is 2.45. The number of fused-ring (bicyclic) bond motifs is 1. The molecule has 5 nitrogen and oxygen atoms in total. The molecule has 0 unspecified atom stereocenters. The van der Waals surface area contributed by atoms with Crippen LogP contribution in [0.3, 0.4) is 0 Å². The molecule has 0 amide bonds. The molecular formula is C18H18FNO4S. The highest BCUT2D eigenvalue weighted by atomic mass is 32.2. The Morgan fingerprint density at radius 2 is 1.88 bits per heavy atom. The summed E-state index contributed by atoms with van der Waals surface area (Å²) in [5, 5.41) is 9.31. The summed E-state index contributed by atoms with van der Waals surface area (Å²) < 4.78 is 39.5. The molecule has 0 aliphatic carbocycles. The molecule has 0 saturated heterocycles. The Hall–Kier alpha value is -2.25. The molecule has 2 aromatic carbocycles. The lowest BCUT2D eigenvalue weighted by Gasteiger charge is -2.29. The van der Waals surface area contributed by atoms with Crippen molar-refractivity contribution in [1.29, 1.82) is 0 Å². The van der Waals surface area contributed by atoms with E-state index < -0.39 is 16.0 Å². The lowest BCUT2D eigenvalue weighted by atomic mass is 9.96. The first kappa shape index (κ1) is 17.6. The van der Waals surface area contributed by atoms with Gasteiger partial charge in [0.1, 0.15) is 5.82 Å². The Balaban J connectivity index is 1.76. The largest absolute Gasteiger partial charge is 0.478 e. The molecule has 1 N–H and O–H groups in total. The third-order valence-electron chi connectivity index (χ3n) is 4.42. The maximum absolute atomic E-state index is 12.9. The molecule has 0 aromatic heterocycles. The van der Waals surface area contributed by atoms with Gasteiger partial charge in [0.15, 0.2) is 0 Å². The van der Waals surface area contributed by atoms with E-state index in [1.165, 1.54) is 22.5 Å². The van der Waals surface area contributed by atoms with Gasteiger partial charge >= 0.3 is 5.97 Å². The van der Waals surface area contributed by atoms with Crippen LogP contribution in [0.5, 0.6) is 0 Å². The zero-order valence-corrected chi connectivity index (χ0v) is 14.3. The molecule has 0 radical (unpaired) electrons. The third kappa shape index (κ3) is 3.88. The molecule has 0 bridgehead atoms. The molecule has 132 valence electrons. The Labute approximate surface area is 145 Å². The van der Waals surface area contributed by atoms with Crippen LogP contribution in [-0.2, 0) is 29.4 Å². The Morgan fingerprint density at radius 1 is 1.16 bits per heavy atom. The van der Waals surface area contributed by atoms with E-state index in [1.807, 2.05) is 6.07 Å². The van der Waals surface area contributed by atoms with Crippen LogP contribution < -0.4 is 0 Å². The highest BCUT2D eigenvalue weighted by Crippen LogP contribution is 2.25. The average molecular weight is 363 g/mol. The smallest absolute Gasteiger partial charge is 0.336 e. The fraction of sp³-hybridized carbons (Fsp3) is 0.278. The highest BCUT2D eigenvalue weighted by molar-refractivity contribution is 7.89. The van der Waals surface area contributed by atoms with E-state index in [1.54, 1.807) is 18.2 Å². The number of carboxylic acids is 1. The molecule has 0 saturated carbocycles. The van der Waals surface area contributed by atoms with Gasteiger partial charge in [0.25, 0.3) is 0 Å². The quantitative estimate of drug-likeness (QED) is 0.885. The molecule has 25 heavy (non-hydrogen) atoms. The third-order valence-corrected chi connectivity index (χ3v) is 6.24. The van der Waals surface area contributed by atoms with Crippen LogP contribution in [0, 0.1) is 5.82 Å². The number of hydrogen-bond acceptors (Lipinski definition) is 3. The van der Waals surface area contributed by atoms with E-state index in [2.05, 4.69) is 0 Å². The number of benzene rings is 2. The minimum Gasteiger partial charge on any atom is -0.478 e. The number of hydrogen-bond donors (Lipinski definition) is 1. The summed E-state index contributed by atoms with van der Waals surface area (Å²) in [5.41, 5.74) is 2.33. The first-order chi connectivity index (χ1) is 11.9. The number of aryl methyl sites for hydroxylation is 1. The minimum absolute atomic E-state index is 0.0730.